The first kappa shape index (κ1) is 19.3. The van der Waals surface area contributed by atoms with Crippen molar-refractivity contribution in [1.29, 1.82) is 0 Å². The second-order valence-electron chi connectivity index (χ2n) is 7.75. The Morgan fingerprint density at radius 3 is 2.92 bits per heavy atom. The summed E-state index contributed by atoms with van der Waals surface area (Å²) >= 11 is 0. The van der Waals surface area contributed by atoms with Gasteiger partial charge in [-0.25, -0.2) is 0 Å². The fraction of sp³-hybridized carbons (Fsp3) is 0.667. The number of nitrogens with zero attached hydrogens (tertiary/aromatic N) is 1. The molecule has 0 radical (unpaired) electrons. The van der Waals surface area contributed by atoms with Crippen LogP contribution in [0.25, 0.3) is 0 Å². The van der Waals surface area contributed by atoms with Gasteiger partial charge in [-0.2, -0.15) is 0 Å². The number of ether oxygens (including phenoxy) is 1. The molecule has 2 heterocycles. The summed E-state index contributed by atoms with van der Waals surface area (Å²) in [6, 6.07) is 8.57. The molecule has 1 amide bonds. The van der Waals surface area contributed by atoms with E-state index in [-0.39, 0.29) is 5.91 Å². The molecule has 0 saturated carbocycles. The van der Waals surface area contributed by atoms with E-state index in [1.54, 1.807) is 0 Å². The van der Waals surface area contributed by atoms with Gasteiger partial charge in [0.25, 0.3) is 0 Å². The van der Waals surface area contributed by atoms with Crippen LogP contribution in [-0.4, -0.2) is 49.7 Å². The Morgan fingerprint density at radius 2 is 2.12 bits per heavy atom. The van der Waals surface area contributed by atoms with Crippen LogP contribution in [0.4, 0.5) is 0 Å². The van der Waals surface area contributed by atoms with Gasteiger partial charge in [0.15, 0.2) is 0 Å². The van der Waals surface area contributed by atoms with Crippen LogP contribution in [0.5, 0.6) is 0 Å². The SMILES string of the molecule is CC1CN(Cc2cccc(CNC(=O)CCC3CCNCC3)c2)CCO1. The first-order valence-electron chi connectivity index (χ1n) is 10.1. The summed E-state index contributed by atoms with van der Waals surface area (Å²) in [6.45, 7) is 8.68. The Balaban J connectivity index is 1.40. The minimum atomic E-state index is 0.177. The van der Waals surface area contributed by atoms with E-state index < -0.39 is 0 Å². The number of hydrogen-bond acceptors (Lipinski definition) is 4. The summed E-state index contributed by atoms with van der Waals surface area (Å²) in [7, 11) is 0. The van der Waals surface area contributed by atoms with Crippen LogP contribution in [0.3, 0.4) is 0 Å². The van der Waals surface area contributed by atoms with Crippen LogP contribution in [0.15, 0.2) is 24.3 Å². The van der Waals surface area contributed by atoms with Gasteiger partial charge in [-0.15, -0.1) is 0 Å². The van der Waals surface area contributed by atoms with Crippen molar-refractivity contribution < 1.29 is 9.53 Å². The Morgan fingerprint density at radius 1 is 1.31 bits per heavy atom. The Labute approximate surface area is 157 Å². The Hall–Kier alpha value is -1.43. The molecule has 5 nitrogen and oxygen atoms in total. The molecule has 3 rings (SSSR count). The smallest absolute Gasteiger partial charge is 0.220 e. The molecule has 2 fully saturated rings. The van der Waals surface area contributed by atoms with Gasteiger partial charge in [0.2, 0.25) is 5.91 Å². The predicted octanol–water partition coefficient (Wildman–Crippen LogP) is 2.30. The average Bonchev–Trinajstić information content (AvgIpc) is 2.66. The fourth-order valence-corrected chi connectivity index (χ4v) is 3.93. The number of carbonyl (C=O) groups is 1. The summed E-state index contributed by atoms with van der Waals surface area (Å²) < 4.78 is 5.61. The molecule has 144 valence electrons. The number of carbonyl (C=O) groups excluding carboxylic acids is 1. The molecule has 2 N–H and O–H groups in total. The molecule has 1 atom stereocenters. The third-order valence-electron chi connectivity index (χ3n) is 5.45. The molecular weight excluding hydrogens is 326 g/mol. The highest BCUT2D eigenvalue weighted by Gasteiger charge is 2.17. The van der Waals surface area contributed by atoms with Gasteiger partial charge in [0.1, 0.15) is 0 Å². The van der Waals surface area contributed by atoms with Gasteiger partial charge in [-0.1, -0.05) is 24.3 Å². The van der Waals surface area contributed by atoms with E-state index in [4.69, 9.17) is 4.74 Å². The number of rotatable bonds is 7. The molecule has 0 aromatic heterocycles. The normalized spacial score (nSPS) is 22.3. The second-order valence-corrected chi connectivity index (χ2v) is 7.75. The minimum Gasteiger partial charge on any atom is -0.376 e. The molecule has 0 aliphatic carbocycles. The Bertz CT molecular complexity index is 572. The maximum atomic E-state index is 12.1. The molecule has 2 aliphatic heterocycles. The van der Waals surface area contributed by atoms with Gasteiger partial charge in [-0.3, -0.25) is 9.69 Å². The van der Waals surface area contributed by atoms with Gasteiger partial charge in [0, 0.05) is 32.6 Å². The summed E-state index contributed by atoms with van der Waals surface area (Å²) in [5, 5.41) is 6.46. The summed E-state index contributed by atoms with van der Waals surface area (Å²) in [5.41, 5.74) is 2.49. The van der Waals surface area contributed by atoms with Gasteiger partial charge in [0.05, 0.1) is 12.7 Å². The summed E-state index contributed by atoms with van der Waals surface area (Å²) in [6.07, 6.45) is 4.38. The number of piperidine rings is 1. The molecule has 0 bridgehead atoms. The lowest BCUT2D eigenvalue weighted by molar-refractivity contribution is -0.121. The van der Waals surface area contributed by atoms with E-state index in [2.05, 4.69) is 46.7 Å². The van der Waals surface area contributed by atoms with Gasteiger partial charge < -0.3 is 15.4 Å². The van der Waals surface area contributed by atoms with Crippen molar-refractivity contribution in [3.8, 4) is 0 Å². The minimum absolute atomic E-state index is 0.177. The maximum Gasteiger partial charge on any atom is 0.220 e. The average molecular weight is 360 g/mol. The number of benzene rings is 1. The zero-order valence-electron chi connectivity index (χ0n) is 16.0. The largest absolute Gasteiger partial charge is 0.376 e. The quantitative estimate of drug-likeness (QED) is 0.784. The lowest BCUT2D eigenvalue weighted by atomic mass is 9.93. The highest BCUT2D eigenvalue weighted by molar-refractivity contribution is 5.75. The first-order chi connectivity index (χ1) is 12.7. The molecule has 2 aliphatic rings. The fourth-order valence-electron chi connectivity index (χ4n) is 3.93. The van der Waals surface area contributed by atoms with Gasteiger partial charge in [-0.05, 0) is 56.3 Å². The van der Waals surface area contributed by atoms with E-state index in [0.29, 0.717) is 25.0 Å². The van der Waals surface area contributed by atoms with Crippen LogP contribution < -0.4 is 10.6 Å². The Kier molecular flexibility index (Phi) is 7.47. The van der Waals surface area contributed by atoms with Crippen molar-refractivity contribution in [2.24, 2.45) is 5.92 Å². The summed E-state index contributed by atoms with van der Waals surface area (Å²) in [4.78, 5) is 14.6. The van der Waals surface area contributed by atoms with Crippen LogP contribution in [0.1, 0.15) is 43.7 Å². The van der Waals surface area contributed by atoms with Crippen molar-refractivity contribution >= 4 is 5.91 Å². The van der Waals surface area contributed by atoms with Crippen LogP contribution in [0.2, 0.25) is 0 Å². The molecule has 1 aromatic carbocycles. The third-order valence-corrected chi connectivity index (χ3v) is 5.45. The molecule has 1 aromatic rings. The standard InChI is InChI=1S/C21H33N3O2/c1-17-15-24(11-12-26-17)16-20-4-2-3-19(13-20)14-23-21(25)6-5-18-7-9-22-10-8-18/h2-4,13,17-18,22H,5-12,14-16H2,1H3,(H,23,25). The van der Waals surface area contributed by atoms with Crippen molar-refractivity contribution in [2.45, 2.75) is 51.8 Å². The number of morpholine rings is 1. The predicted molar refractivity (Wildman–Crippen MR) is 104 cm³/mol. The monoisotopic (exact) mass is 359 g/mol. The van der Waals surface area contributed by atoms with E-state index in [0.717, 1.165) is 45.8 Å². The lowest BCUT2D eigenvalue weighted by Gasteiger charge is -2.31. The van der Waals surface area contributed by atoms with E-state index >= 15 is 0 Å². The zero-order valence-corrected chi connectivity index (χ0v) is 16.0. The first-order valence-corrected chi connectivity index (χ1v) is 10.1. The van der Waals surface area contributed by atoms with Crippen molar-refractivity contribution in [3.05, 3.63) is 35.4 Å². The third kappa shape index (κ3) is 6.38. The number of amides is 1. The number of nitrogens with one attached hydrogen (secondary N) is 2. The molecule has 2 saturated heterocycles. The second kappa shape index (κ2) is 10.0. The highest BCUT2D eigenvalue weighted by Crippen LogP contribution is 2.17. The van der Waals surface area contributed by atoms with Crippen molar-refractivity contribution in [3.63, 3.8) is 0 Å². The van der Waals surface area contributed by atoms with E-state index in [1.807, 2.05) is 0 Å². The van der Waals surface area contributed by atoms with Crippen molar-refractivity contribution in [2.75, 3.05) is 32.8 Å². The summed E-state index contributed by atoms with van der Waals surface area (Å²) in [5.74, 6) is 0.886. The molecule has 0 spiro atoms. The maximum absolute atomic E-state index is 12.1. The van der Waals surface area contributed by atoms with Crippen LogP contribution in [0, 0.1) is 5.92 Å². The number of hydrogen-bond donors (Lipinski definition) is 2. The molecule has 5 heteroatoms. The van der Waals surface area contributed by atoms with Gasteiger partial charge >= 0.3 is 0 Å². The van der Waals surface area contributed by atoms with E-state index in [1.165, 1.54) is 24.0 Å². The topological polar surface area (TPSA) is 53.6 Å². The highest BCUT2D eigenvalue weighted by atomic mass is 16.5. The van der Waals surface area contributed by atoms with Crippen LogP contribution in [-0.2, 0) is 22.6 Å². The zero-order chi connectivity index (χ0) is 18.2. The molecular formula is C21H33N3O2. The van der Waals surface area contributed by atoms with E-state index in [9.17, 15) is 4.79 Å². The molecule has 1 unspecified atom stereocenters. The van der Waals surface area contributed by atoms with Crippen molar-refractivity contribution in [1.82, 2.24) is 15.5 Å². The molecule has 26 heavy (non-hydrogen) atoms. The lowest BCUT2D eigenvalue weighted by Crippen LogP contribution is -2.40. The van der Waals surface area contributed by atoms with Crippen LogP contribution >= 0.6 is 0 Å².